The molecule has 3 rings (SSSR count). The topological polar surface area (TPSA) is 79.7 Å². The van der Waals surface area contributed by atoms with Gasteiger partial charge in [-0.05, 0) is 18.1 Å². The van der Waals surface area contributed by atoms with Gasteiger partial charge < -0.3 is 14.7 Å². The quantitative estimate of drug-likeness (QED) is 0.920. The minimum atomic E-state index is -0.916. The summed E-state index contributed by atoms with van der Waals surface area (Å²) in [7, 11) is 1.58. The summed E-state index contributed by atoms with van der Waals surface area (Å²) < 4.78 is 5.06. The number of hydrogen-bond donors (Lipinski definition) is 1. The van der Waals surface area contributed by atoms with Crippen LogP contribution in [0.25, 0.3) is 0 Å². The number of methoxy groups -OCH3 is 1. The van der Waals surface area contributed by atoms with Crippen molar-refractivity contribution in [2.24, 2.45) is 0 Å². The Balaban J connectivity index is 1.90. The van der Waals surface area contributed by atoms with E-state index in [0.29, 0.717) is 23.7 Å². The lowest BCUT2D eigenvalue weighted by atomic mass is 9.89. The van der Waals surface area contributed by atoms with Crippen LogP contribution in [-0.4, -0.2) is 40.5 Å². The predicted molar refractivity (Wildman–Crippen MR) is 89.1 cm³/mol. The summed E-state index contributed by atoms with van der Waals surface area (Å²) in [5, 5.41) is 10.3. The Hall–Kier alpha value is -2.25. The van der Waals surface area contributed by atoms with Crippen LogP contribution in [0.5, 0.6) is 0 Å². The second kappa shape index (κ2) is 6.70. The van der Waals surface area contributed by atoms with E-state index in [2.05, 4.69) is 4.98 Å². The Kier molecular flexibility index (Phi) is 4.64. The zero-order valence-corrected chi connectivity index (χ0v) is 14.3. The Labute approximate surface area is 143 Å². The molecule has 1 unspecified atom stereocenters. The number of thiazole rings is 1. The summed E-state index contributed by atoms with van der Waals surface area (Å²) in [4.78, 5) is 31.0. The molecule has 1 aliphatic rings. The van der Waals surface area contributed by atoms with Crippen LogP contribution in [0.1, 0.15) is 37.4 Å². The number of aryl methyl sites for hydroxylation is 1. The lowest BCUT2D eigenvalue weighted by Gasteiger charge is -2.32. The molecule has 2 aromatic rings. The van der Waals surface area contributed by atoms with Crippen molar-refractivity contribution >= 4 is 23.2 Å². The monoisotopic (exact) mass is 346 g/mol. The first-order valence-electron chi connectivity index (χ1n) is 7.56. The second-order valence-electron chi connectivity index (χ2n) is 5.73. The minimum absolute atomic E-state index is 0.169. The summed E-state index contributed by atoms with van der Waals surface area (Å²) in [6.07, 6.45) is 0. The van der Waals surface area contributed by atoms with Crippen LogP contribution >= 0.6 is 11.3 Å². The highest BCUT2D eigenvalue weighted by molar-refractivity contribution is 7.13. The SMILES string of the molecule is COCc1nc(C)c(C(=O)N2Cc3ccccc3C(C(=O)O)C2)s1. The summed E-state index contributed by atoms with van der Waals surface area (Å²) in [6, 6.07) is 7.39. The van der Waals surface area contributed by atoms with E-state index in [-0.39, 0.29) is 12.5 Å². The van der Waals surface area contributed by atoms with Crippen LogP contribution in [0.2, 0.25) is 0 Å². The number of nitrogens with zero attached hydrogens (tertiary/aromatic N) is 2. The molecule has 1 aliphatic heterocycles. The first-order chi connectivity index (χ1) is 11.5. The molecular formula is C17H18N2O4S. The number of carbonyl (C=O) groups excluding carboxylic acids is 1. The Morgan fingerprint density at radius 3 is 2.88 bits per heavy atom. The third-order valence-corrected chi connectivity index (χ3v) is 5.20. The number of aliphatic carboxylic acids is 1. The van der Waals surface area contributed by atoms with Gasteiger partial charge in [0.25, 0.3) is 5.91 Å². The van der Waals surface area contributed by atoms with E-state index in [1.807, 2.05) is 24.3 Å². The van der Waals surface area contributed by atoms with Gasteiger partial charge in [-0.2, -0.15) is 0 Å². The lowest BCUT2D eigenvalue weighted by Crippen LogP contribution is -2.40. The van der Waals surface area contributed by atoms with Crippen molar-refractivity contribution in [3.8, 4) is 0 Å². The standard InChI is InChI=1S/C17H18N2O4S/c1-10-15(24-14(18-10)9-23-2)16(20)19-7-11-5-3-4-6-12(11)13(8-19)17(21)22/h3-6,13H,7-9H2,1-2H3,(H,21,22). The molecule has 1 N–H and O–H groups in total. The number of rotatable bonds is 4. The number of aromatic nitrogens is 1. The summed E-state index contributed by atoms with van der Waals surface area (Å²) in [6.45, 7) is 2.73. The number of carboxylic acid groups (broad SMARTS) is 1. The van der Waals surface area contributed by atoms with E-state index >= 15 is 0 Å². The molecule has 2 heterocycles. The van der Waals surface area contributed by atoms with Gasteiger partial charge in [-0.15, -0.1) is 11.3 Å². The molecule has 1 aromatic heterocycles. The highest BCUT2D eigenvalue weighted by atomic mass is 32.1. The molecule has 0 radical (unpaired) electrons. The number of hydrogen-bond acceptors (Lipinski definition) is 5. The fourth-order valence-electron chi connectivity index (χ4n) is 2.95. The van der Waals surface area contributed by atoms with Crippen molar-refractivity contribution in [1.29, 1.82) is 0 Å². The van der Waals surface area contributed by atoms with Crippen LogP contribution < -0.4 is 0 Å². The number of ether oxygens (including phenoxy) is 1. The first-order valence-corrected chi connectivity index (χ1v) is 8.38. The third-order valence-electron chi connectivity index (χ3n) is 4.08. The largest absolute Gasteiger partial charge is 0.481 e. The molecule has 6 nitrogen and oxygen atoms in total. The van der Waals surface area contributed by atoms with Crippen molar-refractivity contribution in [3.05, 3.63) is 51.0 Å². The molecule has 0 bridgehead atoms. The minimum Gasteiger partial charge on any atom is -0.481 e. The molecule has 1 atom stereocenters. The van der Waals surface area contributed by atoms with Crippen LogP contribution in [0, 0.1) is 6.92 Å². The van der Waals surface area contributed by atoms with Crippen LogP contribution in [-0.2, 0) is 22.7 Å². The zero-order chi connectivity index (χ0) is 17.3. The maximum atomic E-state index is 12.9. The molecule has 126 valence electrons. The molecule has 0 saturated carbocycles. The van der Waals surface area contributed by atoms with Crippen molar-refractivity contribution in [2.45, 2.75) is 26.0 Å². The van der Waals surface area contributed by atoms with E-state index in [9.17, 15) is 14.7 Å². The smallest absolute Gasteiger partial charge is 0.312 e. The molecule has 0 aliphatic carbocycles. The number of carboxylic acids is 1. The van der Waals surface area contributed by atoms with E-state index in [1.165, 1.54) is 11.3 Å². The first kappa shape index (κ1) is 16.6. The highest BCUT2D eigenvalue weighted by Gasteiger charge is 2.33. The zero-order valence-electron chi connectivity index (χ0n) is 13.5. The number of amides is 1. The molecule has 1 amide bonds. The van der Waals surface area contributed by atoms with Crippen molar-refractivity contribution in [3.63, 3.8) is 0 Å². The van der Waals surface area contributed by atoms with Crippen molar-refractivity contribution in [2.75, 3.05) is 13.7 Å². The van der Waals surface area contributed by atoms with Crippen molar-refractivity contribution < 1.29 is 19.4 Å². The average molecular weight is 346 g/mol. The van der Waals surface area contributed by atoms with E-state index in [4.69, 9.17) is 4.74 Å². The van der Waals surface area contributed by atoms with Gasteiger partial charge >= 0.3 is 5.97 Å². The highest BCUT2D eigenvalue weighted by Crippen LogP contribution is 2.31. The van der Waals surface area contributed by atoms with Gasteiger partial charge in [-0.25, -0.2) is 4.98 Å². The molecule has 1 aromatic carbocycles. The molecule has 24 heavy (non-hydrogen) atoms. The van der Waals surface area contributed by atoms with Gasteiger partial charge in [0.15, 0.2) is 0 Å². The van der Waals surface area contributed by atoms with Crippen molar-refractivity contribution in [1.82, 2.24) is 9.88 Å². The number of fused-ring (bicyclic) bond motifs is 1. The molecule has 0 saturated heterocycles. The van der Waals surface area contributed by atoms with E-state index < -0.39 is 11.9 Å². The van der Waals surface area contributed by atoms with Gasteiger partial charge in [-0.3, -0.25) is 9.59 Å². The summed E-state index contributed by atoms with van der Waals surface area (Å²) in [5.74, 6) is -1.79. The van der Waals surface area contributed by atoms with E-state index in [0.717, 1.165) is 16.1 Å². The fourth-order valence-corrected chi connectivity index (χ4v) is 3.96. The molecule has 7 heteroatoms. The normalized spacial score (nSPS) is 16.8. The molecule has 0 fully saturated rings. The summed E-state index contributed by atoms with van der Waals surface area (Å²) >= 11 is 1.30. The maximum Gasteiger partial charge on any atom is 0.312 e. The lowest BCUT2D eigenvalue weighted by molar-refractivity contribution is -0.139. The van der Waals surface area contributed by atoms with Crippen LogP contribution in [0.3, 0.4) is 0 Å². The van der Waals surface area contributed by atoms with Gasteiger partial charge in [0.05, 0.1) is 18.2 Å². The Morgan fingerprint density at radius 1 is 1.42 bits per heavy atom. The second-order valence-corrected chi connectivity index (χ2v) is 6.81. The van der Waals surface area contributed by atoms with Gasteiger partial charge in [-0.1, -0.05) is 24.3 Å². The van der Waals surface area contributed by atoms with E-state index in [1.54, 1.807) is 18.9 Å². The molecular weight excluding hydrogens is 328 g/mol. The third kappa shape index (κ3) is 3.05. The average Bonchev–Trinajstić information content (AvgIpc) is 2.93. The predicted octanol–water partition coefficient (Wildman–Crippen LogP) is 2.42. The summed E-state index contributed by atoms with van der Waals surface area (Å²) in [5.41, 5.74) is 2.32. The number of carbonyl (C=O) groups is 2. The number of benzene rings is 1. The fraction of sp³-hybridized carbons (Fsp3) is 0.353. The Bertz CT molecular complexity index is 787. The Morgan fingerprint density at radius 2 is 2.17 bits per heavy atom. The molecule has 0 spiro atoms. The van der Waals surface area contributed by atoms with Gasteiger partial charge in [0.2, 0.25) is 0 Å². The maximum absolute atomic E-state index is 12.9. The van der Waals surface area contributed by atoms with Gasteiger partial charge in [0.1, 0.15) is 9.88 Å². The van der Waals surface area contributed by atoms with Gasteiger partial charge in [0, 0.05) is 20.2 Å². The van der Waals surface area contributed by atoms with Crippen LogP contribution in [0.4, 0.5) is 0 Å². The van der Waals surface area contributed by atoms with Crippen LogP contribution in [0.15, 0.2) is 24.3 Å².